The highest BCUT2D eigenvalue weighted by molar-refractivity contribution is 14.0. The van der Waals surface area contributed by atoms with E-state index < -0.39 is 0 Å². The Morgan fingerprint density at radius 1 is 1.15 bits per heavy atom. The van der Waals surface area contributed by atoms with Gasteiger partial charge >= 0.3 is 0 Å². The van der Waals surface area contributed by atoms with Crippen LogP contribution in [0.4, 0.5) is 0 Å². The van der Waals surface area contributed by atoms with Gasteiger partial charge in [0.1, 0.15) is 0 Å². The molecule has 26 heavy (non-hydrogen) atoms. The number of nitrogens with zero attached hydrogens (tertiary/aromatic N) is 3. The Bertz CT molecular complexity index is 546. The molecule has 0 radical (unpaired) electrons. The molecule has 1 heterocycles. The third-order valence-corrected chi connectivity index (χ3v) is 5.35. The summed E-state index contributed by atoms with van der Waals surface area (Å²) in [5.41, 5.74) is 1.38. The van der Waals surface area contributed by atoms with Gasteiger partial charge in [0.25, 0.3) is 0 Å². The molecule has 0 amide bonds. The van der Waals surface area contributed by atoms with E-state index in [0.717, 1.165) is 71.0 Å². The lowest BCUT2D eigenvalue weighted by Crippen LogP contribution is -2.52. The molecule has 1 saturated heterocycles. The lowest BCUT2D eigenvalue weighted by Gasteiger charge is -2.36. The maximum Gasteiger partial charge on any atom is 0.194 e. The molecule has 1 aromatic rings. The Morgan fingerprint density at radius 3 is 2.50 bits per heavy atom. The lowest BCUT2D eigenvalue weighted by atomic mass is 10.1. The largest absolute Gasteiger partial charge is 0.393 e. The van der Waals surface area contributed by atoms with Gasteiger partial charge in [0.2, 0.25) is 0 Å². The summed E-state index contributed by atoms with van der Waals surface area (Å²) in [5.74, 6) is 1.36. The summed E-state index contributed by atoms with van der Waals surface area (Å²) in [4.78, 5) is 9.71. The van der Waals surface area contributed by atoms with Crippen LogP contribution < -0.4 is 5.32 Å². The second-order valence-electron chi connectivity index (χ2n) is 7.20. The first-order chi connectivity index (χ1) is 12.3. The van der Waals surface area contributed by atoms with Gasteiger partial charge in [-0.05, 0) is 25.3 Å². The molecule has 2 atom stereocenters. The molecular weight excluding hydrogens is 439 g/mol. The van der Waals surface area contributed by atoms with Gasteiger partial charge in [-0.2, -0.15) is 0 Å². The number of guanidine groups is 1. The minimum Gasteiger partial charge on any atom is -0.393 e. The fourth-order valence-corrected chi connectivity index (χ4v) is 3.82. The summed E-state index contributed by atoms with van der Waals surface area (Å²) in [6, 6.07) is 10.7. The summed E-state index contributed by atoms with van der Waals surface area (Å²) in [5, 5.41) is 13.4. The minimum atomic E-state index is -0.158. The average Bonchev–Trinajstić information content (AvgIpc) is 3.05. The molecule has 6 heteroatoms. The van der Waals surface area contributed by atoms with Crippen molar-refractivity contribution in [3.05, 3.63) is 35.9 Å². The van der Waals surface area contributed by atoms with Gasteiger partial charge in [0.15, 0.2) is 5.96 Å². The van der Waals surface area contributed by atoms with Crippen LogP contribution in [0.25, 0.3) is 0 Å². The molecule has 1 saturated carbocycles. The number of aliphatic hydroxyl groups is 1. The van der Waals surface area contributed by atoms with E-state index >= 15 is 0 Å². The van der Waals surface area contributed by atoms with Gasteiger partial charge in [0.05, 0.1) is 6.10 Å². The first-order valence-electron chi connectivity index (χ1n) is 9.74. The third kappa shape index (κ3) is 6.09. The van der Waals surface area contributed by atoms with Crippen molar-refractivity contribution < 1.29 is 5.11 Å². The molecule has 1 aromatic carbocycles. The topological polar surface area (TPSA) is 51.1 Å². The SMILES string of the molecule is CCNC(=NCC1CCCC1O)N1CCN(Cc2ccccc2)CC1.I. The molecule has 0 aromatic heterocycles. The van der Waals surface area contributed by atoms with Crippen molar-refractivity contribution in [3.8, 4) is 0 Å². The maximum absolute atomic E-state index is 10.0. The van der Waals surface area contributed by atoms with Crippen LogP contribution in [0.3, 0.4) is 0 Å². The monoisotopic (exact) mass is 472 g/mol. The molecule has 2 unspecified atom stereocenters. The number of hydrogen-bond acceptors (Lipinski definition) is 3. The van der Waals surface area contributed by atoms with E-state index in [1.807, 2.05) is 0 Å². The quantitative estimate of drug-likeness (QED) is 0.393. The number of nitrogens with one attached hydrogen (secondary N) is 1. The number of aliphatic hydroxyl groups excluding tert-OH is 1. The zero-order chi connectivity index (χ0) is 17.5. The molecule has 3 rings (SSSR count). The molecule has 5 nitrogen and oxygen atoms in total. The zero-order valence-corrected chi connectivity index (χ0v) is 18.1. The highest BCUT2D eigenvalue weighted by Crippen LogP contribution is 2.25. The lowest BCUT2D eigenvalue weighted by molar-refractivity contribution is 0.136. The number of piperazine rings is 1. The van der Waals surface area contributed by atoms with E-state index in [1.165, 1.54) is 5.56 Å². The molecule has 2 aliphatic rings. The van der Waals surface area contributed by atoms with Gasteiger partial charge in [-0.25, -0.2) is 0 Å². The number of rotatable bonds is 5. The van der Waals surface area contributed by atoms with Gasteiger partial charge in [-0.15, -0.1) is 24.0 Å². The van der Waals surface area contributed by atoms with E-state index in [2.05, 4.69) is 52.4 Å². The second kappa shape index (κ2) is 11.1. The average molecular weight is 472 g/mol. The Kier molecular flexibility index (Phi) is 9.15. The van der Waals surface area contributed by atoms with Crippen molar-refractivity contribution in [2.75, 3.05) is 39.3 Å². The van der Waals surface area contributed by atoms with Gasteiger partial charge in [-0.3, -0.25) is 9.89 Å². The standard InChI is InChI=1S/C20H32N4O.HI/c1-2-21-20(22-15-18-9-6-10-19(18)25)24-13-11-23(12-14-24)16-17-7-4-3-5-8-17;/h3-5,7-8,18-19,25H,2,6,9-16H2,1H3,(H,21,22);1H. The highest BCUT2D eigenvalue weighted by Gasteiger charge is 2.25. The highest BCUT2D eigenvalue weighted by atomic mass is 127. The first-order valence-corrected chi connectivity index (χ1v) is 9.74. The minimum absolute atomic E-state index is 0. The maximum atomic E-state index is 10.0. The molecule has 2 fully saturated rings. The second-order valence-corrected chi connectivity index (χ2v) is 7.20. The van der Waals surface area contributed by atoms with Gasteiger partial charge in [0, 0.05) is 51.7 Å². The molecule has 2 N–H and O–H groups in total. The third-order valence-electron chi connectivity index (χ3n) is 5.35. The van der Waals surface area contributed by atoms with Crippen LogP contribution in [0.1, 0.15) is 31.7 Å². The summed E-state index contributed by atoms with van der Waals surface area (Å²) >= 11 is 0. The van der Waals surface area contributed by atoms with Crippen molar-refractivity contribution in [2.45, 2.75) is 38.8 Å². The van der Waals surface area contributed by atoms with Crippen LogP contribution in [0.2, 0.25) is 0 Å². The summed E-state index contributed by atoms with van der Waals surface area (Å²) in [6.45, 7) is 8.90. The number of halogens is 1. The smallest absolute Gasteiger partial charge is 0.194 e. The normalized spacial score (nSPS) is 24.4. The Morgan fingerprint density at radius 2 is 1.88 bits per heavy atom. The predicted molar refractivity (Wildman–Crippen MR) is 118 cm³/mol. The van der Waals surface area contributed by atoms with Crippen molar-refractivity contribution in [1.29, 1.82) is 0 Å². The number of hydrogen-bond donors (Lipinski definition) is 2. The fourth-order valence-electron chi connectivity index (χ4n) is 3.82. The van der Waals surface area contributed by atoms with E-state index in [-0.39, 0.29) is 30.1 Å². The van der Waals surface area contributed by atoms with Crippen LogP contribution in [-0.2, 0) is 6.54 Å². The van der Waals surface area contributed by atoms with Crippen LogP contribution >= 0.6 is 24.0 Å². The molecule has 1 aliphatic heterocycles. The Balaban J connectivity index is 0.00000243. The van der Waals surface area contributed by atoms with E-state index in [9.17, 15) is 5.11 Å². The number of benzene rings is 1. The van der Waals surface area contributed by atoms with Crippen LogP contribution in [-0.4, -0.2) is 66.2 Å². The first kappa shape index (κ1) is 21.4. The van der Waals surface area contributed by atoms with Crippen molar-refractivity contribution in [3.63, 3.8) is 0 Å². The Labute approximate surface area is 174 Å². The van der Waals surface area contributed by atoms with Crippen LogP contribution in [0, 0.1) is 5.92 Å². The molecule has 146 valence electrons. The summed E-state index contributed by atoms with van der Waals surface area (Å²) < 4.78 is 0. The van der Waals surface area contributed by atoms with E-state index in [0.29, 0.717) is 5.92 Å². The predicted octanol–water partition coefficient (Wildman–Crippen LogP) is 2.55. The number of aliphatic imine (C=N–C) groups is 1. The zero-order valence-electron chi connectivity index (χ0n) is 15.8. The molecule has 0 bridgehead atoms. The van der Waals surface area contributed by atoms with E-state index in [1.54, 1.807) is 0 Å². The summed E-state index contributed by atoms with van der Waals surface area (Å²) in [7, 11) is 0. The summed E-state index contributed by atoms with van der Waals surface area (Å²) in [6.07, 6.45) is 3.02. The molecule has 0 spiro atoms. The van der Waals surface area contributed by atoms with Crippen LogP contribution in [0.15, 0.2) is 35.3 Å². The molecular formula is C20H33IN4O. The Hall–Kier alpha value is -0.860. The van der Waals surface area contributed by atoms with Crippen molar-refractivity contribution in [2.24, 2.45) is 10.9 Å². The van der Waals surface area contributed by atoms with Crippen LogP contribution in [0.5, 0.6) is 0 Å². The van der Waals surface area contributed by atoms with E-state index in [4.69, 9.17) is 4.99 Å². The van der Waals surface area contributed by atoms with Crippen molar-refractivity contribution in [1.82, 2.24) is 15.1 Å². The van der Waals surface area contributed by atoms with Crippen molar-refractivity contribution >= 4 is 29.9 Å². The van der Waals surface area contributed by atoms with Gasteiger partial charge < -0.3 is 15.3 Å². The molecule has 1 aliphatic carbocycles. The van der Waals surface area contributed by atoms with Gasteiger partial charge in [-0.1, -0.05) is 36.8 Å². The fraction of sp³-hybridized carbons (Fsp3) is 0.650.